The SMILES string of the molecule is CC(=N)c1ncc(N2CC(C3CCCN(CCC(=O)O)C3)C2)nc1N[C@H](C)c1ccc(Cl)cc1Cl. The number of piperidine rings is 1. The van der Waals surface area contributed by atoms with Crippen molar-refractivity contribution in [2.24, 2.45) is 11.8 Å². The van der Waals surface area contributed by atoms with Crippen molar-refractivity contribution in [2.75, 3.05) is 42.9 Å². The third-order valence-electron chi connectivity index (χ3n) is 6.98. The van der Waals surface area contributed by atoms with Crippen LogP contribution in [0.5, 0.6) is 0 Å². The first kappa shape index (κ1) is 25.7. The number of aliphatic carboxylic acids is 1. The lowest BCUT2D eigenvalue weighted by Gasteiger charge is -2.47. The zero-order valence-electron chi connectivity index (χ0n) is 20.1. The van der Waals surface area contributed by atoms with E-state index in [9.17, 15) is 4.79 Å². The molecule has 0 bridgehead atoms. The minimum absolute atomic E-state index is 0.148. The second-order valence-electron chi connectivity index (χ2n) is 9.59. The Morgan fingerprint density at radius 1 is 1.29 bits per heavy atom. The van der Waals surface area contributed by atoms with Gasteiger partial charge in [-0.25, -0.2) is 9.97 Å². The minimum atomic E-state index is -0.735. The predicted octanol–water partition coefficient (Wildman–Crippen LogP) is 4.97. The molecule has 1 aromatic heterocycles. The molecule has 0 radical (unpaired) electrons. The summed E-state index contributed by atoms with van der Waals surface area (Å²) in [6.07, 6.45) is 4.25. The van der Waals surface area contributed by atoms with E-state index in [1.807, 2.05) is 13.0 Å². The maximum atomic E-state index is 10.9. The number of anilines is 2. The molecule has 188 valence electrons. The molecule has 1 aromatic carbocycles. The molecule has 4 rings (SSSR count). The van der Waals surface area contributed by atoms with E-state index in [1.54, 1.807) is 25.3 Å². The lowest BCUT2D eigenvalue weighted by Crippen LogP contribution is -2.54. The maximum Gasteiger partial charge on any atom is 0.304 e. The van der Waals surface area contributed by atoms with Crippen LogP contribution in [-0.4, -0.2) is 64.4 Å². The monoisotopic (exact) mass is 518 g/mol. The molecular weight excluding hydrogens is 487 g/mol. The van der Waals surface area contributed by atoms with Gasteiger partial charge in [-0.2, -0.15) is 0 Å². The van der Waals surface area contributed by atoms with Crippen molar-refractivity contribution in [1.82, 2.24) is 14.9 Å². The van der Waals surface area contributed by atoms with Crippen LogP contribution in [0.25, 0.3) is 0 Å². The van der Waals surface area contributed by atoms with E-state index in [4.69, 9.17) is 38.7 Å². The van der Waals surface area contributed by atoms with Crippen molar-refractivity contribution in [2.45, 2.75) is 39.2 Å². The van der Waals surface area contributed by atoms with Crippen LogP contribution in [0.1, 0.15) is 50.4 Å². The molecule has 2 aliphatic heterocycles. The molecule has 8 nitrogen and oxygen atoms in total. The number of hydrogen-bond acceptors (Lipinski definition) is 7. The van der Waals surface area contributed by atoms with Gasteiger partial charge in [-0.1, -0.05) is 29.3 Å². The van der Waals surface area contributed by atoms with E-state index in [0.29, 0.717) is 45.6 Å². The summed E-state index contributed by atoms with van der Waals surface area (Å²) in [6.45, 7) is 8.10. The van der Waals surface area contributed by atoms with Crippen LogP contribution in [0, 0.1) is 17.2 Å². The number of rotatable bonds is 9. The van der Waals surface area contributed by atoms with Crippen LogP contribution >= 0.6 is 23.2 Å². The van der Waals surface area contributed by atoms with Crippen LogP contribution in [0.2, 0.25) is 10.0 Å². The number of aromatic nitrogens is 2. The predicted molar refractivity (Wildman–Crippen MR) is 140 cm³/mol. The highest BCUT2D eigenvalue weighted by Gasteiger charge is 2.36. The summed E-state index contributed by atoms with van der Waals surface area (Å²) < 4.78 is 0. The van der Waals surface area contributed by atoms with Crippen LogP contribution < -0.4 is 10.2 Å². The quantitative estimate of drug-likeness (QED) is 0.402. The number of likely N-dealkylation sites (tertiary alicyclic amines) is 1. The molecule has 10 heteroatoms. The Labute approximate surface area is 216 Å². The molecule has 2 aromatic rings. The van der Waals surface area contributed by atoms with E-state index in [2.05, 4.69) is 20.1 Å². The van der Waals surface area contributed by atoms with E-state index < -0.39 is 5.97 Å². The largest absolute Gasteiger partial charge is 0.481 e. The molecule has 0 aliphatic carbocycles. The van der Waals surface area contributed by atoms with Gasteiger partial charge in [-0.05, 0) is 62.8 Å². The fourth-order valence-electron chi connectivity index (χ4n) is 4.97. The third-order valence-corrected chi connectivity index (χ3v) is 7.54. The Morgan fingerprint density at radius 3 is 2.74 bits per heavy atom. The summed E-state index contributed by atoms with van der Waals surface area (Å²) in [7, 11) is 0. The number of nitrogens with zero attached hydrogens (tertiary/aromatic N) is 4. The number of hydrogen-bond donors (Lipinski definition) is 3. The van der Waals surface area contributed by atoms with Gasteiger partial charge >= 0.3 is 5.97 Å². The van der Waals surface area contributed by atoms with Crippen molar-refractivity contribution in [3.63, 3.8) is 0 Å². The summed E-state index contributed by atoms with van der Waals surface area (Å²) in [5, 5.41) is 21.7. The van der Waals surface area contributed by atoms with Crippen LogP contribution in [0.4, 0.5) is 11.6 Å². The fourth-order valence-corrected chi connectivity index (χ4v) is 5.55. The van der Waals surface area contributed by atoms with Gasteiger partial charge in [0, 0.05) is 36.2 Å². The standard InChI is InChI=1S/C25H32Cl2N6O2/c1-15(28)24-25(30-16(2)20-6-5-19(26)10-21(20)27)31-22(11-29-24)33-13-18(14-33)17-4-3-8-32(12-17)9-7-23(34)35/h5-6,10-11,16-18,28H,3-4,7-9,12-14H2,1-2H3,(H,30,31)(H,34,35)/t16-,17?/m1/s1. The van der Waals surface area contributed by atoms with E-state index in [-0.39, 0.29) is 12.5 Å². The zero-order chi connectivity index (χ0) is 25.1. The normalized spacial score (nSPS) is 19.8. The second kappa shape index (κ2) is 11.1. The van der Waals surface area contributed by atoms with Gasteiger partial charge in [0.15, 0.2) is 5.82 Å². The first-order chi connectivity index (χ1) is 16.7. The van der Waals surface area contributed by atoms with E-state index in [0.717, 1.165) is 44.0 Å². The van der Waals surface area contributed by atoms with Gasteiger partial charge in [0.2, 0.25) is 0 Å². The number of halogens is 2. The van der Waals surface area contributed by atoms with Gasteiger partial charge in [0.1, 0.15) is 11.5 Å². The number of carboxylic acid groups (broad SMARTS) is 1. The Hall–Kier alpha value is -2.42. The van der Waals surface area contributed by atoms with Gasteiger partial charge in [0.25, 0.3) is 0 Å². The fraction of sp³-hybridized carbons (Fsp3) is 0.520. The summed E-state index contributed by atoms with van der Waals surface area (Å²) in [4.78, 5) is 24.8. The molecule has 3 heterocycles. The van der Waals surface area contributed by atoms with E-state index in [1.165, 1.54) is 6.42 Å². The van der Waals surface area contributed by atoms with Crippen LogP contribution in [0.3, 0.4) is 0 Å². The number of benzene rings is 1. The topological polar surface area (TPSA) is 105 Å². The summed E-state index contributed by atoms with van der Waals surface area (Å²) in [5.74, 6) is 1.77. The second-order valence-corrected chi connectivity index (χ2v) is 10.4. The average molecular weight is 519 g/mol. The van der Waals surface area contributed by atoms with Gasteiger partial charge in [0.05, 0.1) is 24.4 Å². The Bertz CT molecular complexity index is 1090. The smallest absolute Gasteiger partial charge is 0.304 e. The van der Waals surface area contributed by atoms with Gasteiger partial charge in [-0.3, -0.25) is 4.79 Å². The molecule has 0 saturated carbocycles. The first-order valence-electron chi connectivity index (χ1n) is 12.0. The van der Waals surface area contributed by atoms with Crippen LogP contribution in [-0.2, 0) is 4.79 Å². The van der Waals surface area contributed by atoms with Crippen molar-refractivity contribution in [3.05, 3.63) is 45.7 Å². The lowest BCUT2D eigenvalue weighted by atomic mass is 9.80. The van der Waals surface area contributed by atoms with Crippen LogP contribution in [0.15, 0.2) is 24.4 Å². The summed E-state index contributed by atoms with van der Waals surface area (Å²) in [6, 6.07) is 5.27. The third kappa shape index (κ3) is 6.23. The molecule has 2 fully saturated rings. The molecule has 3 N–H and O–H groups in total. The lowest BCUT2D eigenvalue weighted by molar-refractivity contribution is -0.137. The van der Waals surface area contributed by atoms with Gasteiger partial charge in [-0.15, -0.1) is 0 Å². The van der Waals surface area contributed by atoms with Crippen molar-refractivity contribution in [1.29, 1.82) is 5.41 Å². The summed E-state index contributed by atoms with van der Waals surface area (Å²) in [5.41, 5.74) is 1.75. The van der Waals surface area contributed by atoms with E-state index >= 15 is 0 Å². The number of nitrogens with one attached hydrogen (secondary N) is 2. The Balaban J connectivity index is 1.42. The molecular formula is C25H32Cl2N6O2. The maximum absolute atomic E-state index is 10.9. The average Bonchev–Trinajstić information content (AvgIpc) is 2.77. The highest BCUT2D eigenvalue weighted by Crippen LogP contribution is 2.34. The Morgan fingerprint density at radius 2 is 2.06 bits per heavy atom. The molecule has 2 saturated heterocycles. The first-order valence-corrected chi connectivity index (χ1v) is 12.8. The molecule has 35 heavy (non-hydrogen) atoms. The van der Waals surface area contributed by atoms with Crippen molar-refractivity contribution >= 4 is 46.5 Å². The van der Waals surface area contributed by atoms with Gasteiger partial charge < -0.3 is 25.6 Å². The molecule has 2 atom stereocenters. The highest BCUT2D eigenvalue weighted by molar-refractivity contribution is 6.35. The van der Waals surface area contributed by atoms with Crippen molar-refractivity contribution < 1.29 is 9.90 Å². The molecule has 2 aliphatic rings. The highest BCUT2D eigenvalue weighted by atomic mass is 35.5. The molecule has 0 spiro atoms. The number of carboxylic acids is 1. The summed E-state index contributed by atoms with van der Waals surface area (Å²) >= 11 is 12.4. The minimum Gasteiger partial charge on any atom is -0.481 e. The number of carbonyl (C=O) groups is 1. The Kier molecular flexibility index (Phi) is 8.14. The van der Waals surface area contributed by atoms with Crippen molar-refractivity contribution in [3.8, 4) is 0 Å². The zero-order valence-corrected chi connectivity index (χ0v) is 21.6. The molecule has 0 amide bonds. The molecule has 1 unspecified atom stereocenters.